The van der Waals surface area contributed by atoms with Gasteiger partial charge in [-0.25, -0.2) is 9.97 Å². The number of para-hydroxylation sites is 1. The van der Waals surface area contributed by atoms with Gasteiger partial charge in [-0.3, -0.25) is 4.57 Å². The lowest BCUT2D eigenvalue weighted by atomic mass is 9.42. The number of benzene rings is 4. The first-order valence-corrected chi connectivity index (χ1v) is 14.3. The van der Waals surface area contributed by atoms with E-state index in [-0.39, 0.29) is 0 Å². The van der Waals surface area contributed by atoms with Gasteiger partial charge in [0, 0.05) is 21.9 Å². The van der Waals surface area contributed by atoms with Crippen LogP contribution in [0.25, 0.3) is 50.3 Å². The number of aromatic nitrogens is 3. The second-order valence-electron chi connectivity index (χ2n) is 12.7. The summed E-state index contributed by atoms with van der Waals surface area (Å²) in [6.45, 7) is 10.3. The van der Waals surface area contributed by atoms with Gasteiger partial charge in [-0.05, 0) is 29.0 Å². The Morgan fingerprint density at radius 3 is 1.70 bits per heavy atom. The summed E-state index contributed by atoms with van der Waals surface area (Å²) in [6, 6.07) is 38.7. The van der Waals surface area contributed by atoms with Gasteiger partial charge in [-0.2, -0.15) is 0 Å². The summed E-state index contributed by atoms with van der Waals surface area (Å²) in [6.07, 6.45) is 2.43. The summed E-state index contributed by atoms with van der Waals surface area (Å²) in [5.74, 6) is 0.697. The molecular weight excluding hydrogens is 485 g/mol. The molecule has 3 nitrogen and oxygen atoms in total. The van der Waals surface area contributed by atoms with E-state index in [9.17, 15) is 0 Å². The number of fused-ring (bicyclic) bond motifs is 3. The molecular formula is C36H34BN3. The third kappa shape index (κ3) is 4.05. The van der Waals surface area contributed by atoms with Gasteiger partial charge in [0.2, 0.25) is 5.95 Å². The third-order valence-electron chi connectivity index (χ3n) is 9.57. The quantitative estimate of drug-likeness (QED) is 0.218. The number of hydrogen-bond acceptors (Lipinski definition) is 2. The maximum atomic E-state index is 5.16. The highest BCUT2D eigenvalue weighted by atomic mass is 15.2. The van der Waals surface area contributed by atoms with Crippen molar-refractivity contribution >= 4 is 34.0 Å². The fourth-order valence-electron chi connectivity index (χ4n) is 6.60. The molecule has 1 aliphatic heterocycles. The summed E-state index contributed by atoms with van der Waals surface area (Å²) >= 11 is 0. The molecule has 1 aliphatic rings. The van der Waals surface area contributed by atoms with E-state index in [1.54, 1.807) is 0 Å². The Hall–Kier alpha value is -4.18. The first kappa shape index (κ1) is 24.8. The van der Waals surface area contributed by atoms with Crippen molar-refractivity contribution in [3.8, 4) is 28.5 Å². The second-order valence-corrected chi connectivity index (χ2v) is 12.7. The van der Waals surface area contributed by atoms with Crippen LogP contribution in [0.4, 0.5) is 0 Å². The molecule has 196 valence electrons. The van der Waals surface area contributed by atoms with Crippen molar-refractivity contribution in [1.82, 2.24) is 14.5 Å². The summed E-state index contributed by atoms with van der Waals surface area (Å²) in [5, 5.41) is 2.51. The molecule has 1 fully saturated rings. The van der Waals surface area contributed by atoms with E-state index in [0.717, 1.165) is 33.5 Å². The highest BCUT2D eigenvalue weighted by molar-refractivity contribution is 6.74. The fourth-order valence-corrected chi connectivity index (χ4v) is 6.60. The highest BCUT2D eigenvalue weighted by Crippen LogP contribution is 2.52. The average Bonchev–Trinajstić information content (AvgIpc) is 3.42. The average molecular weight is 520 g/mol. The van der Waals surface area contributed by atoms with Crippen molar-refractivity contribution in [2.24, 2.45) is 10.8 Å². The molecule has 3 heterocycles. The van der Waals surface area contributed by atoms with Gasteiger partial charge in [0.25, 0.3) is 0 Å². The number of rotatable bonds is 4. The molecule has 40 heavy (non-hydrogen) atoms. The predicted molar refractivity (Wildman–Crippen MR) is 170 cm³/mol. The SMILES string of the molecule is CC1(C)CB(c2ccc3c(c2)c2ccccc2n3-c2nc(-c3ccccc3)cc(-c3ccccc3)n2)CC1(C)C. The zero-order valence-electron chi connectivity index (χ0n) is 23.7. The minimum absolute atomic E-state index is 0.320. The molecule has 0 N–H and O–H groups in total. The van der Waals surface area contributed by atoms with Crippen LogP contribution in [0, 0.1) is 10.8 Å². The molecule has 6 aromatic rings. The first-order valence-electron chi connectivity index (χ1n) is 14.3. The van der Waals surface area contributed by atoms with Gasteiger partial charge in [0.15, 0.2) is 6.71 Å². The van der Waals surface area contributed by atoms with Crippen LogP contribution in [-0.2, 0) is 0 Å². The molecule has 0 bridgehead atoms. The lowest BCUT2D eigenvalue weighted by Crippen LogP contribution is -2.27. The van der Waals surface area contributed by atoms with Crippen LogP contribution in [0.15, 0.2) is 109 Å². The zero-order valence-corrected chi connectivity index (χ0v) is 23.7. The molecule has 7 rings (SSSR count). The molecule has 0 amide bonds. The monoisotopic (exact) mass is 519 g/mol. The summed E-state index contributed by atoms with van der Waals surface area (Å²) in [5.41, 5.74) is 8.36. The predicted octanol–water partition coefficient (Wildman–Crippen LogP) is 8.68. The van der Waals surface area contributed by atoms with E-state index >= 15 is 0 Å². The van der Waals surface area contributed by atoms with Crippen LogP contribution in [-0.4, -0.2) is 21.2 Å². The molecule has 1 saturated heterocycles. The van der Waals surface area contributed by atoms with Crippen molar-refractivity contribution in [3.63, 3.8) is 0 Å². The lowest BCUT2D eigenvalue weighted by molar-refractivity contribution is 0.177. The van der Waals surface area contributed by atoms with Gasteiger partial charge in [-0.1, -0.05) is 137 Å². The van der Waals surface area contributed by atoms with Crippen molar-refractivity contribution in [2.45, 2.75) is 40.3 Å². The summed E-state index contributed by atoms with van der Waals surface area (Å²) in [4.78, 5) is 10.3. The van der Waals surface area contributed by atoms with E-state index < -0.39 is 0 Å². The maximum Gasteiger partial charge on any atom is 0.235 e. The van der Waals surface area contributed by atoms with Crippen LogP contribution in [0.5, 0.6) is 0 Å². The standard InChI is InChI=1S/C36H34BN3/c1-35(2)23-37(24-36(35,3)4)27-19-20-33-29(21-27)28-17-11-12-18-32(28)40(33)34-38-30(25-13-7-5-8-14-25)22-31(39-34)26-15-9-6-10-16-26/h5-22H,23-24H2,1-4H3. The van der Waals surface area contributed by atoms with Crippen LogP contribution in [0.1, 0.15) is 27.7 Å². The van der Waals surface area contributed by atoms with E-state index in [0.29, 0.717) is 23.5 Å². The van der Waals surface area contributed by atoms with Gasteiger partial charge >= 0.3 is 0 Å². The van der Waals surface area contributed by atoms with Crippen LogP contribution >= 0.6 is 0 Å². The molecule has 0 radical (unpaired) electrons. The molecule has 0 unspecified atom stereocenters. The molecule has 0 atom stereocenters. The Bertz CT molecular complexity index is 1780. The van der Waals surface area contributed by atoms with Gasteiger partial charge in [-0.15, -0.1) is 0 Å². The minimum atomic E-state index is 0.320. The normalized spacial score (nSPS) is 16.1. The zero-order chi connectivity index (χ0) is 27.5. The van der Waals surface area contributed by atoms with E-state index in [1.807, 2.05) is 12.1 Å². The molecule has 0 aliphatic carbocycles. The van der Waals surface area contributed by atoms with Gasteiger partial charge in [0.1, 0.15) is 0 Å². The van der Waals surface area contributed by atoms with Crippen molar-refractivity contribution in [1.29, 1.82) is 0 Å². The van der Waals surface area contributed by atoms with E-state index in [1.165, 1.54) is 28.9 Å². The first-order chi connectivity index (χ1) is 19.3. The Labute approximate surface area is 237 Å². The number of nitrogens with zero attached hydrogens (tertiary/aromatic N) is 3. The minimum Gasteiger partial charge on any atom is -0.278 e. The van der Waals surface area contributed by atoms with Crippen molar-refractivity contribution < 1.29 is 0 Å². The smallest absolute Gasteiger partial charge is 0.235 e. The lowest BCUT2D eigenvalue weighted by Gasteiger charge is -2.35. The molecule has 0 spiro atoms. The highest BCUT2D eigenvalue weighted by Gasteiger charge is 2.48. The second kappa shape index (κ2) is 9.20. The van der Waals surface area contributed by atoms with Crippen LogP contribution in [0.2, 0.25) is 12.6 Å². The Balaban J connectivity index is 1.45. The van der Waals surface area contributed by atoms with E-state index in [4.69, 9.17) is 9.97 Å². The molecule has 4 aromatic carbocycles. The Morgan fingerprint density at radius 1 is 0.575 bits per heavy atom. The van der Waals surface area contributed by atoms with Gasteiger partial charge in [0.05, 0.1) is 22.4 Å². The largest absolute Gasteiger partial charge is 0.278 e. The summed E-state index contributed by atoms with van der Waals surface area (Å²) < 4.78 is 2.25. The van der Waals surface area contributed by atoms with E-state index in [2.05, 4.69) is 129 Å². The third-order valence-corrected chi connectivity index (χ3v) is 9.57. The maximum absolute atomic E-state index is 5.16. The molecule has 0 saturated carbocycles. The van der Waals surface area contributed by atoms with Crippen LogP contribution < -0.4 is 5.46 Å². The number of hydrogen-bond donors (Lipinski definition) is 0. The topological polar surface area (TPSA) is 30.7 Å². The molecule has 2 aromatic heterocycles. The summed E-state index contributed by atoms with van der Waals surface area (Å²) in [7, 11) is 0. The Morgan fingerprint density at radius 2 is 1.10 bits per heavy atom. The van der Waals surface area contributed by atoms with Crippen molar-refractivity contribution in [3.05, 3.63) is 109 Å². The van der Waals surface area contributed by atoms with Gasteiger partial charge < -0.3 is 0 Å². The Kier molecular flexibility index (Phi) is 5.71. The fraction of sp³-hybridized carbons (Fsp3) is 0.222. The van der Waals surface area contributed by atoms with Crippen LogP contribution in [0.3, 0.4) is 0 Å². The molecule has 4 heteroatoms. The van der Waals surface area contributed by atoms with Crippen molar-refractivity contribution in [2.75, 3.05) is 0 Å².